The Morgan fingerprint density at radius 1 is 0.750 bits per heavy atom. The molecule has 0 aliphatic rings. The summed E-state index contributed by atoms with van der Waals surface area (Å²) in [6, 6.07) is 21.2. The molecule has 106 valence electrons. The Hall–Kier alpha value is -1.64. The molecule has 0 spiro atoms. The van der Waals surface area contributed by atoms with E-state index in [9.17, 15) is 0 Å². The molecule has 0 atom stereocenters. The van der Waals surface area contributed by atoms with Crippen LogP contribution in [0.5, 0.6) is 0 Å². The van der Waals surface area contributed by atoms with Crippen LogP contribution in [0.3, 0.4) is 0 Å². The van der Waals surface area contributed by atoms with Crippen LogP contribution in [0.15, 0.2) is 60.7 Å². The zero-order valence-electron chi connectivity index (χ0n) is 12.6. The van der Waals surface area contributed by atoms with Crippen molar-refractivity contribution in [2.45, 2.75) is 39.4 Å². The first-order valence-electron chi connectivity index (χ1n) is 7.13. The van der Waals surface area contributed by atoms with Gasteiger partial charge in [-0.1, -0.05) is 60.7 Å². The number of nitrogens with zero attached hydrogens (tertiary/aromatic N) is 1. The van der Waals surface area contributed by atoms with Crippen molar-refractivity contribution in [2.24, 2.45) is 0 Å². The smallest absolute Gasteiger partial charge is 0.0385 e. The van der Waals surface area contributed by atoms with Crippen molar-refractivity contribution in [3.8, 4) is 0 Å². The summed E-state index contributed by atoms with van der Waals surface area (Å²) in [5.41, 5.74) is 6.28. The molecule has 0 saturated carbocycles. The Morgan fingerprint density at radius 2 is 1.15 bits per heavy atom. The molecule has 2 aromatic rings. The van der Waals surface area contributed by atoms with Crippen LogP contribution in [0.2, 0.25) is 0 Å². The van der Waals surface area contributed by atoms with E-state index in [0.29, 0.717) is 0 Å². The fraction of sp³-hybridized carbons (Fsp3) is 0.333. The van der Waals surface area contributed by atoms with Crippen molar-refractivity contribution in [3.63, 3.8) is 0 Å². The van der Waals surface area contributed by atoms with Crippen molar-refractivity contribution < 1.29 is 0 Å². The van der Waals surface area contributed by atoms with Crippen LogP contribution in [0, 0.1) is 0 Å². The molecule has 2 heteroatoms. The van der Waals surface area contributed by atoms with E-state index in [4.69, 9.17) is 0 Å². The SMILES string of the molecule is CC(C)(C)NN(Cc1ccccc1)Cc1ccccc1. The van der Waals surface area contributed by atoms with Gasteiger partial charge in [-0.15, -0.1) is 0 Å². The molecule has 20 heavy (non-hydrogen) atoms. The Kier molecular flexibility index (Phi) is 4.94. The van der Waals surface area contributed by atoms with Gasteiger partial charge < -0.3 is 0 Å². The third-order valence-electron chi connectivity index (χ3n) is 2.93. The predicted octanol–water partition coefficient (Wildman–Crippen LogP) is 3.99. The fourth-order valence-corrected chi connectivity index (χ4v) is 2.22. The minimum Gasteiger partial charge on any atom is -0.249 e. The second kappa shape index (κ2) is 6.69. The van der Waals surface area contributed by atoms with Crippen LogP contribution < -0.4 is 5.43 Å². The summed E-state index contributed by atoms with van der Waals surface area (Å²) in [6.07, 6.45) is 0. The van der Waals surface area contributed by atoms with E-state index in [1.54, 1.807) is 0 Å². The molecule has 2 aromatic carbocycles. The van der Waals surface area contributed by atoms with Gasteiger partial charge in [0, 0.05) is 18.6 Å². The molecule has 2 nitrogen and oxygen atoms in total. The molecule has 2 rings (SSSR count). The first kappa shape index (κ1) is 14.8. The average Bonchev–Trinajstić information content (AvgIpc) is 2.39. The maximum Gasteiger partial charge on any atom is 0.0385 e. The van der Waals surface area contributed by atoms with Crippen LogP contribution in [0.1, 0.15) is 31.9 Å². The molecular weight excluding hydrogens is 244 g/mol. The molecule has 1 N–H and O–H groups in total. The number of hydrogen-bond acceptors (Lipinski definition) is 2. The van der Waals surface area contributed by atoms with Crippen LogP contribution >= 0.6 is 0 Å². The van der Waals surface area contributed by atoms with Gasteiger partial charge in [-0.3, -0.25) is 0 Å². The van der Waals surface area contributed by atoms with Gasteiger partial charge in [0.2, 0.25) is 0 Å². The first-order chi connectivity index (χ1) is 9.53. The van der Waals surface area contributed by atoms with Crippen molar-refractivity contribution in [1.82, 2.24) is 10.4 Å². The standard InChI is InChI=1S/C18H24N2/c1-18(2,3)19-20(14-16-10-6-4-7-11-16)15-17-12-8-5-9-13-17/h4-13,19H,14-15H2,1-3H3. The van der Waals surface area contributed by atoms with Crippen LogP contribution in [0.25, 0.3) is 0 Å². The van der Waals surface area contributed by atoms with Gasteiger partial charge >= 0.3 is 0 Å². The zero-order valence-corrected chi connectivity index (χ0v) is 12.6. The molecule has 0 aliphatic carbocycles. The van der Waals surface area contributed by atoms with Gasteiger partial charge in [0.15, 0.2) is 0 Å². The molecule has 0 bridgehead atoms. The number of rotatable bonds is 5. The Bertz CT molecular complexity index is 458. The first-order valence-corrected chi connectivity index (χ1v) is 7.13. The number of nitrogens with one attached hydrogen (secondary N) is 1. The highest BCUT2D eigenvalue weighted by molar-refractivity contribution is 5.16. The van der Waals surface area contributed by atoms with Crippen molar-refractivity contribution in [3.05, 3.63) is 71.8 Å². The van der Waals surface area contributed by atoms with Gasteiger partial charge in [0.05, 0.1) is 0 Å². The molecule has 0 saturated heterocycles. The van der Waals surface area contributed by atoms with E-state index in [1.807, 2.05) is 0 Å². The van der Waals surface area contributed by atoms with E-state index in [-0.39, 0.29) is 5.54 Å². The van der Waals surface area contributed by atoms with E-state index >= 15 is 0 Å². The minimum atomic E-state index is 0.0591. The highest BCUT2D eigenvalue weighted by atomic mass is 15.5. The van der Waals surface area contributed by atoms with Crippen LogP contribution in [0.4, 0.5) is 0 Å². The maximum atomic E-state index is 3.59. The van der Waals surface area contributed by atoms with E-state index in [1.165, 1.54) is 11.1 Å². The Balaban J connectivity index is 2.08. The summed E-state index contributed by atoms with van der Waals surface area (Å²) in [7, 11) is 0. The van der Waals surface area contributed by atoms with Gasteiger partial charge in [0.25, 0.3) is 0 Å². The van der Waals surface area contributed by atoms with Gasteiger partial charge in [-0.05, 0) is 31.9 Å². The predicted molar refractivity (Wildman–Crippen MR) is 85.0 cm³/mol. The van der Waals surface area contributed by atoms with Crippen molar-refractivity contribution >= 4 is 0 Å². The Labute approximate surface area is 122 Å². The third-order valence-corrected chi connectivity index (χ3v) is 2.93. The molecule has 0 heterocycles. The van der Waals surface area contributed by atoms with Gasteiger partial charge in [-0.25, -0.2) is 10.4 Å². The quantitative estimate of drug-likeness (QED) is 0.825. The number of benzene rings is 2. The second-order valence-electron chi connectivity index (χ2n) is 6.19. The van der Waals surface area contributed by atoms with Crippen LogP contribution in [-0.2, 0) is 13.1 Å². The van der Waals surface area contributed by atoms with Crippen molar-refractivity contribution in [1.29, 1.82) is 0 Å². The second-order valence-corrected chi connectivity index (χ2v) is 6.19. The molecule has 0 radical (unpaired) electrons. The monoisotopic (exact) mass is 268 g/mol. The maximum absolute atomic E-state index is 3.59. The third kappa shape index (κ3) is 5.16. The highest BCUT2D eigenvalue weighted by Gasteiger charge is 2.15. The molecule has 0 fully saturated rings. The average molecular weight is 268 g/mol. The lowest BCUT2D eigenvalue weighted by Gasteiger charge is -2.32. The lowest BCUT2D eigenvalue weighted by molar-refractivity contribution is 0.110. The number of hydrazine groups is 1. The van der Waals surface area contributed by atoms with E-state index in [0.717, 1.165) is 13.1 Å². The molecule has 0 aromatic heterocycles. The summed E-state index contributed by atoms with van der Waals surface area (Å²) in [6.45, 7) is 8.36. The summed E-state index contributed by atoms with van der Waals surface area (Å²) < 4.78 is 0. The minimum absolute atomic E-state index is 0.0591. The summed E-state index contributed by atoms with van der Waals surface area (Å²) >= 11 is 0. The lowest BCUT2D eigenvalue weighted by atomic mass is 10.1. The highest BCUT2D eigenvalue weighted by Crippen LogP contribution is 2.11. The molecule has 0 amide bonds. The van der Waals surface area contributed by atoms with E-state index in [2.05, 4.69) is 91.9 Å². The van der Waals surface area contributed by atoms with E-state index < -0.39 is 0 Å². The van der Waals surface area contributed by atoms with Crippen molar-refractivity contribution in [2.75, 3.05) is 0 Å². The van der Waals surface area contributed by atoms with Crippen LogP contribution in [-0.4, -0.2) is 10.5 Å². The van der Waals surface area contributed by atoms with Gasteiger partial charge in [0.1, 0.15) is 0 Å². The molecule has 0 unspecified atom stereocenters. The summed E-state index contributed by atoms with van der Waals surface area (Å²) in [4.78, 5) is 0. The summed E-state index contributed by atoms with van der Waals surface area (Å²) in [5.74, 6) is 0. The molecule has 0 aliphatic heterocycles. The lowest BCUT2D eigenvalue weighted by Crippen LogP contribution is -2.48. The Morgan fingerprint density at radius 3 is 1.50 bits per heavy atom. The topological polar surface area (TPSA) is 15.3 Å². The normalized spacial score (nSPS) is 11.8. The zero-order chi connectivity index (χ0) is 14.4. The largest absolute Gasteiger partial charge is 0.249 e. The van der Waals surface area contributed by atoms with Gasteiger partial charge in [-0.2, -0.15) is 0 Å². The summed E-state index contributed by atoms with van der Waals surface area (Å²) in [5, 5.41) is 2.28. The number of hydrogen-bond donors (Lipinski definition) is 1. The fourth-order valence-electron chi connectivity index (χ4n) is 2.22. The molecular formula is C18H24N2.